The number of ether oxygens (including phenoxy) is 1. The minimum absolute atomic E-state index is 0. The number of hydrogen-bond acceptors (Lipinski definition) is 6. The molecule has 0 aliphatic carbocycles. The second-order valence-electron chi connectivity index (χ2n) is 6.96. The van der Waals surface area contributed by atoms with Crippen molar-refractivity contribution in [2.75, 3.05) is 26.0 Å². The predicted molar refractivity (Wildman–Crippen MR) is 125 cm³/mol. The van der Waals surface area contributed by atoms with E-state index in [4.69, 9.17) is 4.74 Å². The second kappa shape index (κ2) is 11.8. The molecule has 2 aromatic heterocycles. The first kappa shape index (κ1) is 24.0. The highest BCUT2D eigenvalue weighted by Gasteiger charge is 2.22. The highest BCUT2D eigenvalue weighted by atomic mass is 127. The van der Waals surface area contributed by atoms with Gasteiger partial charge in [0.25, 0.3) is 0 Å². The first-order chi connectivity index (χ1) is 14.1. The molecule has 0 fully saturated rings. The maximum absolute atomic E-state index is 12.1. The van der Waals surface area contributed by atoms with Crippen LogP contribution in [0.5, 0.6) is 0 Å². The average molecular weight is 528 g/mol. The Morgan fingerprint density at radius 3 is 2.93 bits per heavy atom. The zero-order valence-electron chi connectivity index (χ0n) is 17.5. The van der Waals surface area contributed by atoms with Gasteiger partial charge in [-0.1, -0.05) is 6.07 Å². The van der Waals surface area contributed by atoms with E-state index in [0.29, 0.717) is 43.7 Å². The van der Waals surface area contributed by atoms with Gasteiger partial charge in [-0.2, -0.15) is 5.10 Å². The second-order valence-corrected chi connectivity index (χ2v) is 6.96. The van der Waals surface area contributed by atoms with Crippen molar-refractivity contribution in [2.45, 2.75) is 45.4 Å². The fourth-order valence-corrected chi connectivity index (χ4v) is 3.10. The van der Waals surface area contributed by atoms with Crippen LogP contribution in [0.25, 0.3) is 0 Å². The largest absolute Gasteiger partial charge is 0.377 e. The highest BCUT2D eigenvalue weighted by molar-refractivity contribution is 14.0. The molecule has 3 rings (SSSR count). The lowest BCUT2D eigenvalue weighted by Crippen LogP contribution is -2.47. The standard InChI is InChI=1S/C19H28N8O2.HI/c1-13-4-6-15(22-10-13)25-18(28)8-9-21-19(20-2)23-14-5-7-17-24-16(12-29-3)26-27(17)11-14;/h4,6,10,14H,5,7-9,11-12H2,1-3H3,(H2,20,21,23)(H,22,25,28);1H. The van der Waals surface area contributed by atoms with Crippen LogP contribution in [-0.4, -0.2) is 58.4 Å². The Balaban J connectivity index is 0.00000320. The number of rotatable bonds is 7. The molecule has 1 aliphatic heterocycles. The van der Waals surface area contributed by atoms with Crippen LogP contribution in [0.4, 0.5) is 5.82 Å². The zero-order chi connectivity index (χ0) is 20.6. The molecule has 11 heteroatoms. The van der Waals surface area contributed by atoms with Gasteiger partial charge in [0.1, 0.15) is 18.2 Å². The number of halogens is 1. The lowest BCUT2D eigenvalue weighted by Gasteiger charge is -2.25. The smallest absolute Gasteiger partial charge is 0.227 e. The van der Waals surface area contributed by atoms with Crippen LogP contribution in [0.2, 0.25) is 0 Å². The lowest BCUT2D eigenvalue weighted by molar-refractivity contribution is -0.116. The number of guanidine groups is 1. The molecule has 1 atom stereocenters. The maximum atomic E-state index is 12.1. The summed E-state index contributed by atoms with van der Waals surface area (Å²) in [5.41, 5.74) is 1.05. The van der Waals surface area contributed by atoms with E-state index in [-0.39, 0.29) is 35.9 Å². The van der Waals surface area contributed by atoms with E-state index in [1.165, 1.54) is 0 Å². The van der Waals surface area contributed by atoms with Gasteiger partial charge in [0.2, 0.25) is 5.91 Å². The van der Waals surface area contributed by atoms with Crippen molar-refractivity contribution in [3.8, 4) is 0 Å². The van der Waals surface area contributed by atoms with E-state index in [1.54, 1.807) is 26.4 Å². The molecule has 0 saturated heterocycles. The lowest BCUT2D eigenvalue weighted by atomic mass is 10.1. The highest BCUT2D eigenvalue weighted by Crippen LogP contribution is 2.13. The van der Waals surface area contributed by atoms with Gasteiger partial charge in [0, 0.05) is 45.8 Å². The van der Waals surface area contributed by atoms with E-state index in [0.717, 1.165) is 24.2 Å². The molecule has 30 heavy (non-hydrogen) atoms. The Hall–Kier alpha value is -2.28. The van der Waals surface area contributed by atoms with Gasteiger partial charge in [-0.05, 0) is 25.0 Å². The fraction of sp³-hybridized carbons (Fsp3) is 0.526. The van der Waals surface area contributed by atoms with Crippen molar-refractivity contribution < 1.29 is 9.53 Å². The van der Waals surface area contributed by atoms with Gasteiger partial charge in [-0.25, -0.2) is 14.6 Å². The minimum atomic E-state index is -0.0973. The summed E-state index contributed by atoms with van der Waals surface area (Å²) in [5, 5.41) is 13.8. The number of hydrogen-bond donors (Lipinski definition) is 3. The summed E-state index contributed by atoms with van der Waals surface area (Å²) in [5.74, 6) is 2.82. The molecule has 0 aromatic carbocycles. The van der Waals surface area contributed by atoms with Gasteiger partial charge in [0.05, 0.1) is 6.54 Å². The van der Waals surface area contributed by atoms with E-state index in [1.807, 2.05) is 17.7 Å². The number of aromatic nitrogens is 4. The summed E-state index contributed by atoms with van der Waals surface area (Å²) in [7, 11) is 3.35. The molecule has 3 heterocycles. The molecule has 0 saturated carbocycles. The van der Waals surface area contributed by atoms with E-state index >= 15 is 0 Å². The average Bonchev–Trinajstić information content (AvgIpc) is 3.11. The number of methoxy groups -OCH3 is 1. The molecule has 3 N–H and O–H groups in total. The van der Waals surface area contributed by atoms with Crippen LogP contribution in [-0.2, 0) is 29.1 Å². The van der Waals surface area contributed by atoms with Crippen molar-refractivity contribution in [1.29, 1.82) is 0 Å². The molecule has 1 amide bonds. The summed E-state index contributed by atoms with van der Waals surface area (Å²) < 4.78 is 7.02. The Morgan fingerprint density at radius 2 is 2.23 bits per heavy atom. The third kappa shape index (κ3) is 6.90. The number of aliphatic imine (C=N–C) groups is 1. The van der Waals surface area contributed by atoms with Gasteiger partial charge >= 0.3 is 0 Å². The van der Waals surface area contributed by atoms with E-state index in [2.05, 4.69) is 36.0 Å². The fourth-order valence-electron chi connectivity index (χ4n) is 3.10. The Bertz CT molecular complexity index is 853. The molecule has 10 nitrogen and oxygen atoms in total. The third-order valence-electron chi connectivity index (χ3n) is 4.56. The molecular formula is C19H29IN8O2. The Morgan fingerprint density at radius 1 is 1.40 bits per heavy atom. The number of anilines is 1. The molecule has 0 radical (unpaired) electrons. The topological polar surface area (TPSA) is 118 Å². The number of nitrogens with zero attached hydrogens (tertiary/aromatic N) is 5. The van der Waals surface area contributed by atoms with Gasteiger partial charge in [-0.3, -0.25) is 9.79 Å². The molecule has 2 aromatic rings. The van der Waals surface area contributed by atoms with Gasteiger partial charge in [-0.15, -0.1) is 24.0 Å². The van der Waals surface area contributed by atoms with Crippen LogP contribution in [0.15, 0.2) is 23.3 Å². The number of pyridine rings is 1. The zero-order valence-corrected chi connectivity index (χ0v) is 19.8. The first-order valence-corrected chi connectivity index (χ1v) is 9.68. The normalized spacial score (nSPS) is 15.7. The SMILES string of the molecule is CN=C(NCCC(=O)Nc1ccc(C)cn1)NC1CCc2nc(COC)nn2C1.I. The number of nitrogens with one attached hydrogen (secondary N) is 3. The van der Waals surface area contributed by atoms with Crippen molar-refractivity contribution in [1.82, 2.24) is 30.4 Å². The minimum Gasteiger partial charge on any atom is -0.377 e. The van der Waals surface area contributed by atoms with Crippen molar-refractivity contribution in [3.05, 3.63) is 35.5 Å². The molecule has 164 valence electrons. The summed E-state index contributed by atoms with van der Waals surface area (Å²) in [6.45, 7) is 3.56. The van der Waals surface area contributed by atoms with Crippen molar-refractivity contribution >= 4 is 41.7 Å². The maximum Gasteiger partial charge on any atom is 0.227 e. The number of aryl methyl sites for hydroxylation is 2. The monoisotopic (exact) mass is 528 g/mol. The quantitative estimate of drug-likeness (QED) is 0.281. The van der Waals surface area contributed by atoms with Gasteiger partial charge < -0.3 is 20.7 Å². The van der Waals surface area contributed by atoms with Crippen molar-refractivity contribution in [2.24, 2.45) is 4.99 Å². The summed E-state index contributed by atoms with van der Waals surface area (Å²) in [4.78, 5) is 25.0. The van der Waals surface area contributed by atoms with Gasteiger partial charge in [0.15, 0.2) is 11.8 Å². The number of fused-ring (bicyclic) bond motifs is 1. The molecule has 1 aliphatic rings. The molecular weight excluding hydrogens is 499 g/mol. The van der Waals surface area contributed by atoms with Crippen molar-refractivity contribution in [3.63, 3.8) is 0 Å². The van der Waals surface area contributed by atoms with Crippen LogP contribution in [0.3, 0.4) is 0 Å². The number of carbonyl (C=O) groups is 1. The molecule has 1 unspecified atom stereocenters. The van der Waals surface area contributed by atoms with E-state index in [9.17, 15) is 4.79 Å². The third-order valence-corrected chi connectivity index (χ3v) is 4.56. The Labute approximate surface area is 193 Å². The van der Waals surface area contributed by atoms with Crippen LogP contribution in [0.1, 0.15) is 30.1 Å². The first-order valence-electron chi connectivity index (χ1n) is 9.68. The number of amides is 1. The summed E-state index contributed by atoms with van der Waals surface area (Å²) >= 11 is 0. The Kier molecular flexibility index (Phi) is 9.43. The summed E-state index contributed by atoms with van der Waals surface area (Å²) in [6, 6.07) is 3.90. The summed E-state index contributed by atoms with van der Waals surface area (Å²) in [6.07, 6.45) is 3.82. The van der Waals surface area contributed by atoms with Crippen LogP contribution in [0, 0.1) is 6.92 Å². The molecule has 0 bridgehead atoms. The van der Waals surface area contributed by atoms with Crippen LogP contribution >= 0.6 is 24.0 Å². The molecule has 0 spiro atoms. The predicted octanol–water partition coefficient (Wildman–Crippen LogP) is 1.25. The number of carbonyl (C=O) groups excluding carboxylic acids is 1. The van der Waals surface area contributed by atoms with E-state index < -0.39 is 0 Å². The van der Waals surface area contributed by atoms with Crippen LogP contribution < -0.4 is 16.0 Å².